The zero-order chi connectivity index (χ0) is 18.8. The first kappa shape index (κ1) is 17.9. The van der Waals surface area contributed by atoms with Gasteiger partial charge in [0.1, 0.15) is 5.37 Å². The molecule has 0 N–H and O–H groups in total. The van der Waals surface area contributed by atoms with Gasteiger partial charge in [0.15, 0.2) is 23.0 Å². The van der Waals surface area contributed by atoms with E-state index < -0.39 is 0 Å². The average Bonchev–Trinajstić information content (AvgIpc) is 3.31. The second kappa shape index (κ2) is 7.60. The van der Waals surface area contributed by atoms with Crippen LogP contribution in [0.3, 0.4) is 0 Å². The van der Waals surface area contributed by atoms with Crippen LogP contribution in [0.15, 0.2) is 36.4 Å². The minimum absolute atomic E-state index is 0.00727. The summed E-state index contributed by atoms with van der Waals surface area (Å²) in [7, 11) is 3.24. The van der Waals surface area contributed by atoms with Gasteiger partial charge in [-0.2, -0.15) is 0 Å². The van der Waals surface area contributed by atoms with Crippen LogP contribution in [0.1, 0.15) is 16.5 Å². The van der Waals surface area contributed by atoms with E-state index in [1.807, 2.05) is 41.3 Å². The number of hydrogen-bond donors (Lipinski definition) is 0. The SMILES string of the molecule is COc1ccc(CCN2C(=O)CSC2c2ccc3c(c2)OCO3)cc1OC. The molecule has 2 aromatic carbocycles. The summed E-state index contributed by atoms with van der Waals surface area (Å²) in [5, 5.41) is -0.00727. The zero-order valence-electron chi connectivity index (χ0n) is 15.3. The minimum atomic E-state index is -0.00727. The Labute approximate surface area is 162 Å². The Morgan fingerprint density at radius 1 is 1.07 bits per heavy atom. The molecule has 0 aliphatic carbocycles. The van der Waals surface area contributed by atoms with Crippen LogP contribution in [-0.2, 0) is 11.2 Å². The molecule has 0 saturated carbocycles. The van der Waals surface area contributed by atoms with Crippen molar-refractivity contribution >= 4 is 17.7 Å². The molecule has 0 aromatic heterocycles. The maximum atomic E-state index is 12.4. The Bertz CT molecular complexity index is 856. The van der Waals surface area contributed by atoms with Crippen LogP contribution < -0.4 is 18.9 Å². The number of rotatable bonds is 6. The van der Waals surface area contributed by atoms with Gasteiger partial charge < -0.3 is 23.8 Å². The summed E-state index contributed by atoms with van der Waals surface area (Å²) in [6, 6.07) is 11.7. The predicted octanol–water partition coefficient (Wildman–Crippen LogP) is 3.25. The number of carbonyl (C=O) groups is 1. The molecule has 1 fully saturated rings. The summed E-state index contributed by atoms with van der Waals surface area (Å²) < 4.78 is 21.5. The first-order valence-corrected chi connectivity index (χ1v) is 9.76. The van der Waals surface area contributed by atoms with Crippen molar-refractivity contribution in [2.24, 2.45) is 0 Å². The number of nitrogens with zero attached hydrogens (tertiary/aromatic N) is 1. The molecule has 6 nitrogen and oxygen atoms in total. The van der Waals surface area contributed by atoms with Crippen molar-refractivity contribution in [3.8, 4) is 23.0 Å². The molecule has 7 heteroatoms. The Morgan fingerprint density at radius 2 is 1.89 bits per heavy atom. The predicted molar refractivity (Wildman–Crippen MR) is 103 cm³/mol. The average molecular weight is 387 g/mol. The summed E-state index contributed by atoms with van der Waals surface area (Å²) >= 11 is 1.64. The number of fused-ring (bicyclic) bond motifs is 1. The largest absolute Gasteiger partial charge is 0.493 e. The van der Waals surface area contributed by atoms with Crippen molar-refractivity contribution in [3.63, 3.8) is 0 Å². The normalized spacial score (nSPS) is 18.1. The van der Waals surface area contributed by atoms with Gasteiger partial charge in [-0.25, -0.2) is 0 Å². The number of thioether (sulfide) groups is 1. The molecule has 27 heavy (non-hydrogen) atoms. The number of ether oxygens (including phenoxy) is 4. The summed E-state index contributed by atoms with van der Waals surface area (Å²) in [6.07, 6.45) is 0.744. The van der Waals surface area contributed by atoms with Crippen molar-refractivity contribution in [1.82, 2.24) is 4.90 Å². The van der Waals surface area contributed by atoms with Crippen LogP contribution in [0.5, 0.6) is 23.0 Å². The van der Waals surface area contributed by atoms with Crippen LogP contribution >= 0.6 is 11.8 Å². The number of hydrogen-bond acceptors (Lipinski definition) is 6. The highest BCUT2D eigenvalue weighted by molar-refractivity contribution is 8.00. The lowest BCUT2D eigenvalue weighted by molar-refractivity contribution is -0.128. The lowest BCUT2D eigenvalue weighted by Gasteiger charge is -2.24. The first-order valence-electron chi connectivity index (χ1n) is 8.71. The second-order valence-corrected chi connectivity index (χ2v) is 7.37. The van der Waals surface area contributed by atoms with Crippen LogP contribution in [0.25, 0.3) is 0 Å². The van der Waals surface area contributed by atoms with Gasteiger partial charge in [0.05, 0.1) is 20.0 Å². The minimum Gasteiger partial charge on any atom is -0.493 e. The molecule has 1 unspecified atom stereocenters. The Morgan fingerprint density at radius 3 is 2.70 bits per heavy atom. The van der Waals surface area contributed by atoms with E-state index in [9.17, 15) is 4.79 Å². The number of carbonyl (C=O) groups excluding carboxylic acids is 1. The molecular weight excluding hydrogens is 366 g/mol. The molecule has 1 atom stereocenters. The maximum Gasteiger partial charge on any atom is 0.233 e. The quantitative estimate of drug-likeness (QED) is 0.758. The molecule has 142 valence electrons. The van der Waals surface area contributed by atoms with Gasteiger partial charge in [-0.1, -0.05) is 12.1 Å². The number of benzene rings is 2. The fourth-order valence-corrected chi connectivity index (χ4v) is 4.53. The maximum absolute atomic E-state index is 12.4. The highest BCUT2D eigenvalue weighted by Crippen LogP contribution is 2.42. The van der Waals surface area contributed by atoms with Gasteiger partial charge in [-0.05, 0) is 41.8 Å². The Hall–Kier alpha value is -2.54. The molecule has 2 aromatic rings. The van der Waals surface area contributed by atoms with E-state index in [1.165, 1.54) is 0 Å². The third-order valence-electron chi connectivity index (χ3n) is 4.74. The van der Waals surface area contributed by atoms with E-state index in [0.717, 1.165) is 29.0 Å². The second-order valence-electron chi connectivity index (χ2n) is 6.30. The lowest BCUT2D eigenvalue weighted by Crippen LogP contribution is -2.30. The van der Waals surface area contributed by atoms with Crippen molar-refractivity contribution in [1.29, 1.82) is 0 Å². The van der Waals surface area contributed by atoms with Crippen molar-refractivity contribution < 1.29 is 23.7 Å². The van der Waals surface area contributed by atoms with Gasteiger partial charge in [-0.15, -0.1) is 11.8 Å². The lowest BCUT2D eigenvalue weighted by atomic mass is 10.1. The molecule has 0 radical (unpaired) electrons. The molecule has 2 aliphatic heterocycles. The van der Waals surface area contributed by atoms with Crippen LogP contribution in [0.4, 0.5) is 0 Å². The van der Waals surface area contributed by atoms with E-state index in [2.05, 4.69) is 0 Å². The molecule has 1 amide bonds. The highest BCUT2D eigenvalue weighted by atomic mass is 32.2. The van der Waals surface area contributed by atoms with Gasteiger partial charge in [0.2, 0.25) is 12.7 Å². The number of amides is 1. The van der Waals surface area contributed by atoms with Gasteiger partial charge in [-0.3, -0.25) is 4.79 Å². The summed E-state index contributed by atoms with van der Waals surface area (Å²) in [6.45, 7) is 0.888. The summed E-state index contributed by atoms with van der Waals surface area (Å²) in [5.74, 6) is 3.54. The van der Waals surface area contributed by atoms with Crippen LogP contribution in [0, 0.1) is 0 Å². The topological polar surface area (TPSA) is 57.2 Å². The summed E-state index contributed by atoms with van der Waals surface area (Å²) in [5.41, 5.74) is 2.16. The van der Waals surface area contributed by atoms with E-state index in [4.69, 9.17) is 18.9 Å². The van der Waals surface area contributed by atoms with Gasteiger partial charge in [0, 0.05) is 6.54 Å². The molecule has 1 saturated heterocycles. The molecule has 0 spiro atoms. The van der Waals surface area contributed by atoms with E-state index >= 15 is 0 Å². The highest BCUT2D eigenvalue weighted by Gasteiger charge is 2.33. The smallest absolute Gasteiger partial charge is 0.233 e. The molecular formula is C20H21NO5S. The standard InChI is InChI=1S/C20H21NO5S/c1-23-15-5-3-13(9-17(15)24-2)7-8-21-19(22)11-27-20(21)14-4-6-16-18(10-14)26-12-25-16/h3-6,9-10,20H,7-8,11-12H2,1-2H3. The van der Waals surface area contributed by atoms with Crippen LogP contribution in [-0.4, -0.2) is 44.1 Å². The van der Waals surface area contributed by atoms with E-state index in [1.54, 1.807) is 26.0 Å². The van der Waals surface area contributed by atoms with Crippen molar-refractivity contribution in [2.75, 3.05) is 33.3 Å². The molecule has 2 aliphatic rings. The Balaban J connectivity index is 1.49. The van der Waals surface area contributed by atoms with E-state index in [-0.39, 0.29) is 18.1 Å². The molecule has 0 bridgehead atoms. The number of methoxy groups -OCH3 is 2. The van der Waals surface area contributed by atoms with Crippen molar-refractivity contribution in [2.45, 2.75) is 11.8 Å². The van der Waals surface area contributed by atoms with Gasteiger partial charge >= 0.3 is 0 Å². The fourth-order valence-electron chi connectivity index (χ4n) is 3.32. The fraction of sp³-hybridized carbons (Fsp3) is 0.350. The molecule has 4 rings (SSSR count). The monoisotopic (exact) mass is 387 g/mol. The first-order chi connectivity index (χ1) is 13.2. The van der Waals surface area contributed by atoms with E-state index in [0.29, 0.717) is 23.8 Å². The van der Waals surface area contributed by atoms with Crippen molar-refractivity contribution in [3.05, 3.63) is 47.5 Å². The zero-order valence-corrected chi connectivity index (χ0v) is 16.1. The van der Waals surface area contributed by atoms with Crippen LogP contribution in [0.2, 0.25) is 0 Å². The van der Waals surface area contributed by atoms with Gasteiger partial charge in [0.25, 0.3) is 0 Å². The third-order valence-corrected chi connectivity index (χ3v) is 6.00. The third kappa shape index (κ3) is 3.51. The summed E-state index contributed by atoms with van der Waals surface area (Å²) in [4.78, 5) is 14.4. The molecule has 2 heterocycles. The Kier molecular flexibility index (Phi) is 5.03.